The Bertz CT molecular complexity index is 879. The molecule has 0 spiro atoms. The Hall–Kier alpha value is -2.37. The first-order chi connectivity index (χ1) is 14.1. The minimum atomic E-state index is -0.101. The average Bonchev–Trinajstić information content (AvgIpc) is 3.16. The summed E-state index contributed by atoms with van der Waals surface area (Å²) in [6.07, 6.45) is 3.23. The molecule has 2 aromatic rings. The van der Waals surface area contributed by atoms with Crippen LogP contribution in [0.5, 0.6) is 0 Å². The number of carbonyl (C=O) groups excluding carboxylic acids is 2. The van der Waals surface area contributed by atoms with Gasteiger partial charge in [0.1, 0.15) is 0 Å². The van der Waals surface area contributed by atoms with E-state index in [1.165, 1.54) is 5.56 Å². The number of amides is 2. The van der Waals surface area contributed by atoms with Crippen LogP contribution in [-0.4, -0.2) is 42.4 Å². The standard InChI is InChI=1S/C23H26ClN3O2/c24-20-9-8-18(15-21(20)27-12-4-7-22(27)28)23(29)25-19-10-13-26(14-11-19)16-17-5-2-1-3-6-17/h1-3,5-6,8-9,15,19H,4,7,10-14,16H2,(H,25,29). The Labute approximate surface area is 176 Å². The van der Waals surface area contributed by atoms with Crippen LogP contribution in [0.2, 0.25) is 5.02 Å². The van der Waals surface area contributed by atoms with Crippen molar-refractivity contribution in [1.29, 1.82) is 0 Å². The van der Waals surface area contributed by atoms with E-state index in [9.17, 15) is 9.59 Å². The summed E-state index contributed by atoms with van der Waals surface area (Å²) in [5.74, 6) is -0.0358. The van der Waals surface area contributed by atoms with Crippen LogP contribution >= 0.6 is 11.6 Å². The highest BCUT2D eigenvalue weighted by molar-refractivity contribution is 6.34. The summed E-state index contributed by atoms with van der Waals surface area (Å²) in [7, 11) is 0. The second-order valence-corrected chi connectivity index (χ2v) is 8.23. The summed E-state index contributed by atoms with van der Waals surface area (Å²) < 4.78 is 0. The van der Waals surface area contributed by atoms with Gasteiger partial charge in [-0.15, -0.1) is 0 Å². The molecule has 1 N–H and O–H groups in total. The van der Waals surface area contributed by atoms with E-state index in [1.807, 2.05) is 6.07 Å². The fourth-order valence-corrected chi connectivity index (χ4v) is 4.33. The number of nitrogens with one attached hydrogen (secondary N) is 1. The topological polar surface area (TPSA) is 52.7 Å². The SMILES string of the molecule is O=C(NC1CCN(Cc2ccccc2)CC1)c1ccc(Cl)c(N2CCCC2=O)c1. The summed E-state index contributed by atoms with van der Waals surface area (Å²) in [5, 5.41) is 3.66. The van der Waals surface area contributed by atoms with Gasteiger partial charge in [-0.2, -0.15) is 0 Å². The van der Waals surface area contributed by atoms with Gasteiger partial charge in [0.15, 0.2) is 0 Å². The summed E-state index contributed by atoms with van der Waals surface area (Å²) in [6.45, 7) is 3.54. The van der Waals surface area contributed by atoms with E-state index in [1.54, 1.807) is 23.1 Å². The zero-order valence-electron chi connectivity index (χ0n) is 16.4. The van der Waals surface area contributed by atoms with Gasteiger partial charge < -0.3 is 10.2 Å². The maximum Gasteiger partial charge on any atom is 0.251 e. The maximum absolute atomic E-state index is 12.8. The van der Waals surface area contributed by atoms with E-state index < -0.39 is 0 Å². The smallest absolute Gasteiger partial charge is 0.251 e. The van der Waals surface area contributed by atoms with E-state index in [2.05, 4.69) is 34.5 Å². The highest BCUT2D eigenvalue weighted by atomic mass is 35.5. The number of rotatable bonds is 5. The van der Waals surface area contributed by atoms with Crippen molar-refractivity contribution in [2.24, 2.45) is 0 Å². The summed E-state index contributed by atoms with van der Waals surface area (Å²) in [4.78, 5) is 28.9. The normalized spacial score (nSPS) is 18.2. The minimum absolute atomic E-state index is 0.0650. The third kappa shape index (κ3) is 4.80. The zero-order chi connectivity index (χ0) is 20.2. The molecule has 2 saturated heterocycles. The van der Waals surface area contributed by atoms with E-state index in [0.29, 0.717) is 29.2 Å². The third-order valence-electron chi connectivity index (χ3n) is 5.74. The maximum atomic E-state index is 12.8. The van der Waals surface area contributed by atoms with Crippen molar-refractivity contribution in [3.8, 4) is 0 Å². The van der Waals surface area contributed by atoms with Crippen molar-refractivity contribution in [3.05, 3.63) is 64.7 Å². The molecule has 6 heteroatoms. The van der Waals surface area contributed by atoms with Gasteiger partial charge in [0, 0.05) is 44.2 Å². The van der Waals surface area contributed by atoms with Crippen LogP contribution in [-0.2, 0) is 11.3 Å². The zero-order valence-corrected chi connectivity index (χ0v) is 17.2. The molecular formula is C23H26ClN3O2. The third-order valence-corrected chi connectivity index (χ3v) is 6.06. The first-order valence-corrected chi connectivity index (χ1v) is 10.6. The Morgan fingerprint density at radius 1 is 1.07 bits per heavy atom. The summed E-state index contributed by atoms with van der Waals surface area (Å²) in [6, 6.07) is 15.8. The quantitative estimate of drug-likeness (QED) is 0.812. The molecule has 2 aromatic carbocycles. The largest absolute Gasteiger partial charge is 0.349 e. The van der Waals surface area contributed by atoms with Crippen molar-refractivity contribution < 1.29 is 9.59 Å². The predicted octanol–water partition coefficient (Wildman–Crippen LogP) is 3.86. The van der Waals surface area contributed by atoms with E-state index >= 15 is 0 Å². The number of likely N-dealkylation sites (tertiary alicyclic amines) is 1. The number of carbonyl (C=O) groups is 2. The molecule has 0 unspecified atom stereocenters. The van der Waals surface area contributed by atoms with Gasteiger partial charge in [0.05, 0.1) is 10.7 Å². The molecule has 2 amide bonds. The Balaban J connectivity index is 1.34. The number of hydrogen-bond acceptors (Lipinski definition) is 3. The van der Waals surface area contributed by atoms with Crippen molar-refractivity contribution in [2.75, 3.05) is 24.5 Å². The fraction of sp³-hybridized carbons (Fsp3) is 0.391. The monoisotopic (exact) mass is 411 g/mol. The van der Waals surface area contributed by atoms with Crippen molar-refractivity contribution in [1.82, 2.24) is 10.2 Å². The Morgan fingerprint density at radius 3 is 2.52 bits per heavy atom. The lowest BCUT2D eigenvalue weighted by Gasteiger charge is -2.32. The number of anilines is 1. The van der Waals surface area contributed by atoms with Gasteiger partial charge in [-0.25, -0.2) is 0 Å². The van der Waals surface area contributed by atoms with Gasteiger partial charge in [-0.05, 0) is 43.0 Å². The average molecular weight is 412 g/mol. The van der Waals surface area contributed by atoms with Crippen LogP contribution in [0.4, 0.5) is 5.69 Å². The van der Waals surface area contributed by atoms with Crippen LogP contribution in [0.25, 0.3) is 0 Å². The lowest BCUT2D eigenvalue weighted by atomic mass is 10.0. The molecule has 5 nitrogen and oxygen atoms in total. The van der Waals surface area contributed by atoms with E-state index in [0.717, 1.165) is 38.9 Å². The molecule has 0 aromatic heterocycles. The molecule has 0 radical (unpaired) electrons. The number of benzene rings is 2. The van der Waals surface area contributed by atoms with Crippen molar-refractivity contribution >= 4 is 29.1 Å². The Kier molecular flexibility index (Phi) is 6.16. The van der Waals surface area contributed by atoms with Gasteiger partial charge in [0.2, 0.25) is 5.91 Å². The first kappa shape index (κ1) is 19.9. The van der Waals surface area contributed by atoms with Gasteiger partial charge >= 0.3 is 0 Å². The predicted molar refractivity (Wildman–Crippen MR) is 115 cm³/mol. The number of nitrogens with zero attached hydrogens (tertiary/aromatic N) is 2. The van der Waals surface area contributed by atoms with E-state index in [4.69, 9.17) is 11.6 Å². The van der Waals surface area contributed by atoms with Crippen LogP contribution in [0.1, 0.15) is 41.6 Å². The number of halogens is 1. The second kappa shape index (κ2) is 8.97. The summed E-state index contributed by atoms with van der Waals surface area (Å²) >= 11 is 6.29. The molecule has 4 rings (SSSR count). The molecular weight excluding hydrogens is 386 g/mol. The van der Waals surface area contributed by atoms with Crippen molar-refractivity contribution in [3.63, 3.8) is 0 Å². The fourth-order valence-electron chi connectivity index (χ4n) is 4.11. The van der Waals surface area contributed by atoms with Gasteiger partial charge in [-0.3, -0.25) is 14.5 Å². The lowest BCUT2D eigenvalue weighted by molar-refractivity contribution is -0.117. The van der Waals surface area contributed by atoms with Crippen molar-refractivity contribution in [2.45, 2.75) is 38.3 Å². The second-order valence-electron chi connectivity index (χ2n) is 7.82. The molecule has 0 bridgehead atoms. The van der Waals surface area contributed by atoms with Crippen LogP contribution in [0.3, 0.4) is 0 Å². The first-order valence-electron chi connectivity index (χ1n) is 10.3. The molecule has 2 fully saturated rings. The summed E-state index contributed by atoms with van der Waals surface area (Å²) in [5.41, 5.74) is 2.51. The van der Waals surface area contributed by atoms with Crippen LogP contribution in [0.15, 0.2) is 48.5 Å². The highest BCUT2D eigenvalue weighted by Crippen LogP contribution is 2.30. The molecule has 2 aliphatic heterocycles. The lowest BCUT2D eigenvalue weighted by Crippen LogP contribution is -2.44. The highest BCUT2D eigenvalue weighted by Gasteiger charge is 2.25. The van der Waals surface area contributed by atoms with Crippen LogP contribution in [0, 0.1) is 0 Å². The molecule has 0 aliphatic carbocycles. The van der Waals surface area contributed by atoms with E-state index in [-0.39, 0.29) is 17.9 Å². The minimum Gasteiger partial charge on any atom is -0.349 e. The molecule has 29 heavy (non-hydrogen) atoms. The number of piperidine rings is 1. The molecule has 2 aliphatic rings. The van der Waals surface area contributed by atoms with Crippen LogP contribution < -0.4 is 10.2 Å². The Morgan fingerprint density at radius 2 is 1.83 bits per heavy atom. The van der Waals surface area contributed by atoms with Gasteiger partial charge in [-0.1, -0.05) is 41.9 Å². The molecule has 0 saturated carbocycles. The molecule has 0 atom stereocenters. The number of hydrogen-bond donors (Lipinski definition) is 1. The molecule has 2 heterocycles. The molecule has 152 valence electrons. The van der Waals surface area contributed by atoms with Gasteiger partial charge in [0.25, 0.3) is 5.91 Å².